The molecule has 1 aliphatic rings. The summed E-state index contributed by atoms with van der Waals surface area (Å²) in [5.74, 6) is 0.974. The maximum Gasteiger partial charge on any atom is 0.115 e. The summed E-state index contributed by atoms with van der Waals surface area (Å²) in [6, 6.07) is 25.4. The number of phenolic OH excluding ortho intramolecular Hbond substituents is 1. The standard InChI is InChI=1S/C26H29NO/c1-27(19-24-9-5-8-23-18-25(28)14-15-26(23)24)17-16-20-10-12-22(13-11-20)21-6-3-2-4-7-21/h2-4,6-7,10-15,18,24,28H,5,8-9,16-17,19H2,1H3. The van der Waals surface area contributed by atoms with Gasteiger partial charge in [-0.15, -0.1) is 0 Å². The summed E-state index contributed by atoms with van der Waals surface area (Å²) in [7, 11) is 2.23. The van der Waals surface area contributed by atoms with Gasteiger partial charge in [0.1, 0.15) is 5.75 Å². The second kappa shape index (κ2) is 8.62. The topological polar surface area (TPSA) is 23.5 Å². The second-order valence-electron chi connectivity index (χ2n) is 8.05. The first-order chi connectivity index (χ1) is 13.7. The summed E-state index contributed by atoms with van der Waals surface area (Å²) in [5.41, 5.74) is 6.71. The van der Waals surface area contributed by atoms with Gasteiger partial charge in [0.15, 0.2) is 0 Å². The number of benzene rings is 3. The molecule has 3 aromatic carbocycles. The van der Waals surface area contributed by atoms with E-state index in [4.69, 9.17) is 0 Å². The third kappa shape index (κ3) is 4.45. The molecule has 1 N–H and O–H groups in total. The number of nitrogens with zero attached hydrogens (tertiary/aromatic N) is 1. The molecule has 144 valence electrons. The molecule has 0 aliphatic heterocycles. The molecule has 0 heterocycles. The Labute approximate surface area is 168 Å². The van der Waals surface area contributed by atoms with Gasteiger partial charge in [0.2, 0.25) is 0 Å². The molecule has 3 aromatic rings. The van der Waals surface area contributed by atoms with Crippen LogP contribution in [-0.2, 0) is 12.8 Å². The fourth-order valence-electron chi connectivity index (χ4n) is 4.37. The van der Waals surface area contributed by atoms with E-state index in [1.807, 2.05) is 12.1 Å². The zero-order valence-corrected chi connectivity index (χ0v) is 16.6. The quantitative estimate of drug-likeness (QED) is 0.605. The minimum atomic E-state index is 0.395. The van der Waals surface area contributed by atoms with Gasteiger partial charge in [0.05, 0.1) is 0 Å². The summed E-state index contributed by atoms with van der Waals surface area (Å²) in [6.45, 7) is 2.15. The fourth-order valence-corrected chi connectivity index (χ4v) is 4.37. The Morgan fingerprint density at radius 3 is 2.46 bits per heavy atom. The third-order valence-electron chi connectivity index (χ3n) is 5.94. The Hall–Kier alpha value is -2.58. The first-order valence-electron chi connectivity index (χ1n) is 10.3. The zero-order chi connectivity index (χ0) is 19.3. The summed E-state index contributed by atoms with van der Waals surface area (Å²) in [5, 5.41) is 9.75. The minimum absolute atomic E-state index is 0.395. The Kier molecular flexibility index (Phi) is 5.78. The molecule has 1 atom stereocenters. The van der Waals surface area contributed by atoms with Crippen LogP contribution in [0.25, 0.3) is 11.1 Å². The number of rotatable bonds is 6. The molecule has 2 nitrogen and oxygen atoms in total. The molecule has 0 saturated heterocycles. The van der Waals surface area contributed by atoms with Crippen LogP contribution >= 0.6 is 0 Å². The molecule has 28 heavy (non-hydrogen) atoms. The van der Waals surface area contributed by atoms with Crippen molar-refractivity contribution in [2.75, 3.05) is 20.1 Å². The lowest BCUT2D eigenvalue weighted by atomic mass is 9.82. The number of likely N-dealkylation sites (N-methyl/N-ethyl adjacent to an activating group) is 1. The minimum Gasteiger partial charge on any atom is -0.508 e. The average Bonchev–Trinajstić information content (AvgIpc) is 2.73. The molecular weight excluding hydrogens is 342 g/mol. The Bertz CT molecular complexity index is 901. The highest BCUT2D eigenvalue weighted by Gasteiger charge is 2.21. The van der Waals surface area contributed by atoms with Crippen molar-refractivity contribution in [1.82, 2.24) is 4.90 Å². The zero-order valence-electron chi connectivity index (χ0n) is 16.6. The highest BCUT2D eigenvalue weighted by molar-refractivity contribution is 5.63. The predicted molar refractivity (Wildman–Crippen MR) is 117 cm³/mol. The van der Waals surface area contributed by atoms with Crippen molar-refractivity contribution >= 4 is 0 Å². The van der Waals surface area contributed by atoms with Crippen molar-refractivity contribution in [3.8, 4) is 16.9 Å². The fraction of sp³-hybridized carbons (Fsp3) is 0.308. The van der Waals surface area contributed by atoms with Gasteiger partial charge >= 0.3 is 0 Å². The normalized spacial score (nSPS) is 16.1. The lowest BCUT2D eigenvalue weighted by Crippen LogP contribution is -2.28. The van der Waals surface area contributed by atoms with Crippen LogP contribution in [0, 0.1) is 0 Å². The first-order valence-corrected chi connectivity index (χ1v) is 10.3. The molecule has 0 amide bonds. The Morgan fingerprint density at radius 1 is 0.929 bits per heavy atom. The molecule has 4 rings (SSSR count). The van der Waals surface area contributed by atoms with Crippen LogP contribution < -0.4 is 0 Å². The van der Waals surface area contributed by atoms with E-state index in [9.17, 15) is 5.11 Å². The van der Waals surface area contributed by atoms with Gasteiger partial charge in [-0.3, -0.25) is 0 Å². The van der Waals surface area contributed by atoms with E-state index < -0.39 is 0 Å². The van der Waals surface area contributed by atoms with Crippen molar-refractivity contribution in [2.45, 2.75) is 31.6 Å². The van der Waals surface area contributed by atoms with Crippen LogP contribution in [0.5, 0.6) is 5.75 Å². The molecule has 0 bridgehead atoms. The molecule has 0 fully saturated rings. The second-order valence-corrected chi connectivity index (χ2v) is 8.05. The van der Waals surface area contributed by atoms with Crippen molar-refractivity contribution in [3.05, 3.63) is 89.5 Å². The Morgan fingerprint density at radius 2 is 1.68 bits per heavy atom. The SMILES string of the molecule is CN(CCc1ccc(-c2ccccc2)cc1)CC1CCCc2cc(O)ccc21. The molecule has 0 saturated carbocycles. The monoisotopic (exact) mass is 371 g/mol. The first kappa shape index (κ1) is 18.8. The van der Waals surface area contributed by atoms with Gasteiger partial charge in [0.25, 0.3) is 0 Å². The smallest absolute Gasteiger partial charge is 0.115 e. The summed E-state index contributed by atoms with van der Waals surface area (Å²) < 4.78 is 0. The van der Waals surface area contributed by atoms with Crippen molar-refractivity contribution in [3.63, 3.8) is 0 Å². The van der Waals surface area contributed by atoms with E-state index in [1.54, 1.807) is 0 Å². The number of aromatic hydroxyl groups is 1. The largest absolute Gasteiger partial charge is 0.508 e. The lowest BCUT2D eigenvalue weighted by molar-refractivity contribution is 0.301. The summed E-state index contributed by atoms with van der Waals surface area (Å²) in [4.78, 5) is 2.46. The van der Waals surface area contributed by atoms with Crippen LogP contribution in [0.15, 0.2) is 72.8 Å². The number of hydrogen-bond acceptors (Lipinski definition) is 2. The maximum absolute atomic E-state index is 9.75. The van der Waals surface area contributed by atoms with Crippen LogP contribution in [0.2, 0.25) is 0 Å². The molecule has 1 aliphatic carbocycles. The van der Waals surface area contributed by atoms with Gasteiger partial charge in [-0.2, -0.15) is 0 Å². The Balaban J connectivity index is 1.33. The van der Waals surface area contributed by atoms with Crippen LogP contribution in [-0.4, -0.2) is 30.1 Å². The van der Waals surface area contributed by atoms with Gasteiger partial charge in [-0.05, 0) is 78.6 Å². The molecule has 0 spiro atoms. The molecular formula is C26H29NO. The summed E-state index contributed by atoms with van der Waals surface area (Å²) >= 11 is 0. The van der Waals surface area contributed by atoms with Gasteiger partial charge in [-0.1, -0.05) is 60.7 Å². The third-order valence-corrected chi connectivity index (χ3v) is 5.94. The van der Waals surface area contributed by atoms with E-state index in [-0.39, 0.29) is 0 Å². The number of phenols is 1. The number of hydrogen-bond donors (Lipinski definition) is 1. The van der Waals surface area contributed by atoms with E-state index in [0.717, 1.165) is 25.9 Å². The highest BCUT2D eigenvalue weighted by Crippen LogP contribution is 2.34. The lowest BCUT2D eigenvalue weighted by Gasteiger charge is -2.29. The molecule has 0 radical (unpaired) electrons. The predicted octanol–water partition coefficient (Wildman–Crippen LogP) is 5.65. The maximum atomic E-state index is 9.75. The molecule has 0 aromatic heterocycles. The van der Waals surface area contributed by atoms with E-state index in [2.05, 4.69) is 72.6 Å². The van der Waals surface area contributed by atoms with Crippen molar-refractivity contribution in [2.24, 2.45) is 0 Å². The average molecular weight is 372 g/mol. The number of fused-ring (bicyclic) bond motifs is 1. The van der Waals surface area contributed by atoms with Crippen LogP contribution in [0.1, 0.15) is 35.4 Å². The number of aryl methyl sites for hydroxylation is 1. The van der Waals surface area contributed by atoms with Crippen molar-refractivity contribution < 1.29 is 5.11 Å². The molecule has 1 unspecified atom stereocenters. The van der Waals surface area contributed by atoms with E-state index in [1.165, 1.54) is 40.7 Å². The van der Waals surface area contributed by atoms with Gasteiger partial charge in [-0.25, -0.2) is 0 Å². The van der Waals surface area contributed by atoms with Gasteiger partial charge in [0, 0.05) is 13.1 Å². The van der Waals surface area contributed by atoms with Crippen LogP contribution in [0.4, 0.5) is 0 Å². The van der Waals surface area contributed by atoms with Crippen LogP contribution in [0.3, 0.4) is 0 Å². The molecule has 2 heteroatoms. The van der Waals surface area contributed by atoms with Crippen molar-refractivity contribution in [1.29, 1.82) is 0 Å². The highest BCUT2D eigenvalue weighted by atomic mass is 16.3. The van der Waals surface area contributed by atoms with E-state index in [0.29, 0.717) is 11.7 Å². The summed E-state index contributed by atoms with van der Waals surface area (Å²) in [6.07, 6.45) is 4.63. The van der Waals surface area contributed by atoms with Gasteiger partial charge < -0.3 is 10.0 Å². The van der Waals surface area contributed by atoms with E-state index >= 15 is 0 Å².